The van der Waals surface area contributed by atoms with Crippen LogP contribution in [-0.2, 0) is 16.6 Å². The maximum absolute atomic E-state index is 12.1. The Bertz CT molecular complexity index is 726. The Morgan fingerprint density at radius 3 is 2.70 bits per heavy atom. The number of thiophene rings is 1. The van der Waals surface area contributed by atoms with Crippen LogP contribution in [0.1, 0.15) is 4.88 Å². The quantitative estimate of drug-likeness (QED) is 0.495. The maximum Gasteiger partial charge on any atom is 0.289 e. The fourth-order valence-corrected chi connectivity index (χ4v) is 3.50. The van der Waals surface area contributed by atoms with Crippen molar-refractivity contribution in [2.45, 2.75) is 11.4 Å². The first kappa shape index (κ1) is 14.4. The average Bonchev–Trinajstić information content (AvgIpc) is 2.89. The zero-order chi connectivity index (χ0) is 14.8. The highest BCUT2D eigenvalue weighted by Crippen LogP contribution is 2.26. The molecule has 0 fully saturated rings. The SMILES string of the molecule is Nc1ccc([N+](=O)[O-])c(S(=O)(=O)NCc2cccs2)c1. The van der Waals surface area contributed by atoms with Crippen LogP contribution in [0.3, 0.4) is 0 Å². The summed E-state index contributed by atoms with van der Waals surface area (Å²) in [7, 11) is -4.00. The predicted molar refractivity (Wildman–Crippen MR) is 75.9 cm³/mol. The Hall–Kier alpha value is -1.97. The van der Waals surface area contributed by atoms with E-state index in [1.165, 1.54) is 17.4 Å². The van der Waals surface area contributed by atoms with E-state index in [1.54, 1.807) is 12.1 Å². The molecular formula is C11H11N3O4S2. The summed E-state index contributed by atoms with van der Waals surface area (Å²) in [5.41, 5.74) is 5.15. The first-order valence-corrected chi connectivity index (χ1v) is 7.82. The van der Waals surface area contributed by atoms with Crippen LogP contribution in [-0.4, -0.2) is 13.3 Å². The van der Waals surface area contributed by atoms with E-state index in [9.17, 15) is 18.5 Å². The van der Waals surface area contributed by atoms with Crippen molar-refractivity contribution in [2.75, 3.05) is 5.73 Å². The Morgan fingerprint density at radius 2 is 2.10 bits per heavy atom. The van der Waals surface area contributed by atoms with E-state index in [-0.39, 0.29) is 12.2 Å². The largest absolute Gasteiger partial charge is 0.399 e. The second-order valence-corrected chi connectivity index (χ2v) is 6.66. The third-order valence-corrected chi connectivity index (χ3v) is 4.79. The topological polar surface area (TPSA) is 115 Å². The van der Waals surface area contributed by atoms with Gasteiger partial charge in [0.25, 0.3) is 5.69 Å². The van der Waals surface area contributed by atoms with Gasteiger partial charge in [-0.3, -0.25) is 10.1 Å². The minimum atomic E-state index is -4.00. The summed E-state index contributed by atoms with van der Waals surface area (Å²) in [4.78, 5) is 10.5. The lowest BCUT2D eigenvalue weighted by molar-refractivity contribution is -0.387. The zero-order valence-corrected chi connectivity index (χ0v) is 11.8. The first-order valence-electron chi connectivity index (χ1n) is 5.46. The van der Waals surface area contributed by atoms with Crippen molar-refractivity contribution in [1.82, 2.24) is 4.72 Å². The van der Waals surface area contributed by atoms with Crippen molar-refractivity contribution in [1.29, 1.82) is 0 Å². The molecule has 2 aromatic rings. The second kappa shape index (κ2) is 5.57. The lowest BCUT2D eigenvalue weighted by Crippen LogP contribution is -2.23. The number of rotatable bonds is 5. The van der Waals surface area contributed by atoms with Crippen LogP contribution in [0, 0.1) is 10.1 Å². The molecule has 0 radical (unpaired) electrons. The standard InChI is InChI=1S/C11H11N3O4S2/c12-8-3-4-10(14(15)16)11(6-8)20(17,18)13-7-9-2-1-5-19-9/h1-6,13H,7,12H2. The summed E-state index contributed by atoms with van der Waals surface area (Å²) in [6, 6.07) is 7.00. The smallest absolute Gasteiger partial charge is 0.289 e. The molecule has 0 aliphatic carbocycles. The molecule has 0 saturated heterocycles. The highest BCUT2D eigenvalue weighted by molar-refractivity contribution is 7.89. The van der Waals surface area contributed by atoms with Gasteiger partial charge in [0, 0.05) is 23.2 Å². The number of nitro benzene ring substituents is 1. The molecule has 3 N–H and O–H groups in total. The fraction of sp³-hybridized carbons (Fsp3) is 0.0909. The average molecular weight is 313 g/mol. The van der Waals surface area contributed by atoms with Gasteiger partial charge in [-0.15, -0.1) is 11.3 Å². The fourth-order valence-electron chi connectivity index (χ4n) is 1.55. The number of nitrogens with zero attached hydrogens (tertiary/aromatic N) is 1. The van der Waals surface area contributed by atoms with Crippen molar-refractivity contribution >= 4 is 32.7 Å². The number of nitrogens with one attached hydrogen (secondary N) is 1. The molecule has 0 bridgehead atoms. The molecule has 0 unspecified atom stereocenters. The Morgan fingerprint density at radius 1 is 1.35 bits per heavy atom. The molecule has 0 atom stereocenters. The third-order valence-electron chi connectivity index (χ3n) is 2.49. The molecular weight excluding hydrogens is 302 g/mol. The van der Waals surface area contributed by atoms with Crippen LogP contribution in [0.15, 0.2) is 40.6 Å². The van der Waals surface area contributed by atoms with E-state index in [0.29, 0.717) is 0 Å². The molecule has 106 valence electrons. The monoisotopic (exact) mass is 313 g/mol. The molecule has 1 aromatic heterocycles. The molecule has 20 heavy (non-hydrogen) atoms. The van der Waals surface area contributed by atoms with Gasteiger partial charge in [0.2, 0.25) is 10.0 Å². The van der Waals surface area contributed by atoms with Gasteiger partial charge >= 0.3 is 0 Å². The number of nitrogens with two attached hydrogens (primary N) is 1. The number of nitrogen functional groups attached to an aromatic ring is 1. The lowest BCUT2D eigenvalue weighted by Gasteiger charge is -2.07. The summed E-state index contributed by atoms with van der Waals surface area (Å²) in [6.07, 6.45) is 0. The summed E-state index contributed by atoms with van der Waals surface area (Å²) in [5, 5.41) is 12.7. The first-order chi connectivity index (χ1) is 9.40. The van der Waals surface area contributed by atoms with Gasteiger partial charge in [-0.2, -0.15) is 0 Å². The minimum Gasteiger partial charge on any atom is -0.399 e. The van der Waals surface area contributed by atoms with E-state index < -0.39 is 25.5 Å². The van der Waals surface area contributed by atoms with Gasteiger partial charge in [-0.1, -0.05) is 6.07 Å². The van der Waals surface area contributed by atoms with Crippen LogP contribution in [0.25, 0.3) is 0 Å². The minimum absolute atomic E-state index is 0.0754. The third kappa shape index (κ3) is 3.13. The van der Waals surface area contributed by atoms with Crippen molar-refractivity contribution in [2.24, 2.45) is 0 Å². The molecule has 1 heterocycles. The van der Waals surface area contributed by atoms with Gasteiger partial charge in [0.05, 0.1) is 4.92 Å². The van der Waals surface area contributed by atoms with Crippen molar-refractivity contribution < 1.29 is 13.3 Å². The zero-order valence-electron chi connectivity index (χ0n) is 10.1. The second-order valence-electron chi connectivity index (χ2n) is 3.89. The summed E-state index contributed by atoms with van der Waals surface area (Å²) in [6.45, 7) is 0.0754. The summed E-state index contributed by atoms with van der Waals surface area (Å²) < 4.78 is 26.6. The molecule has 9 heteroatoms. The lowest BCUT2D eigenvalue weighted by atomic mass is 10.3. The van der Waals surface area contributed by atoms with Crippen LogP contribution in [0.4, 0.5) is 11.4 Å². The number of hydrogen-bond donors (Lipinski definition) is 2. The van der Waals surface area contributed by atoms with Gasteiger partial charge in [-0.05, 0) is 23.6 Å². The van der Waals surface area contributed by atoms with Crippen molar-refractivity contribution in [3.63, 3.8) is 0 Å². The number of benzene rings is 1. The van der Waals surface area contributed by atoms with Crippen molar-refractivity contribution in [3.8, 4) is 0 Å². The number of sulfonamides is 1. The molecule has 0 spiro atoms. The van der Waals surface area contributed by atoms with Crippen LogP contribution in [0.5, 0.6) is 0 Å². The molecule has 7 nitrogen and oxygen atoms in total. The number of anilines is 1. The molecule has 0 aliphatic heterocycles. The molecule has 1 aromatic carbocycles. The molecule has 0 saturated carbocycles. The van der Waals surface area contributed by atoms with Gasteiger partial charge in [0.1, 0.15) is 0 Å². The Balaban J connectivity index is 2.33. The normalized spacial score (nSPS) is 11.4. The maximum atomic E-state index is 12.1. The van der Waals surface area contributed by atoms with Crippen LogP contribution < -0.4 is 10.5 Å². The van der Waals surface area contributed by atoms with Crippen LogP contribution in [0.2, 0.25) is 0 Å². The number of hydrogen-bond acceptors (Lipinski definition) is 6. The van der Waals surface area contributed by atoms with E-state index >= 15 is 0 Å². The highest BCUT2D eigenvalue weighted by atomic mass is 32.2. The molecule has 2 rings (SSSR count). The van der Waals surface area contributed by atoms with Crippen molar-refractivity contribution in [3.05, 3.63) is 50.7 Å². The van der Waals surface area contributed by atoms with Gasteiger partial charge < -0.3 is 5.73 Å². The molecule has 0 amide bonds. The van der Waals surface area contributed by atoms with E-state index in [4.69, 9.17) is 5.73 Å². The Labute approximate surface area is 119 Å². The van der Waals surface area contributed by atoms with Gasteiger partial charge in [-0.25, -0.2) is 13.1 Å². The van der Waals surface area contributed by atoms with Crippen LogP contribution >= 0.6 is 11.3 Å². The number of nitro groups is 1. The predicted octanol–water partition coefficient (Wildman–Crippen LogP) is 1.72. The molecule has 0 aliphatic rings. The van der Waals surface area contributed by atoms with E-state index in [1.807, 2.05) is 5.38 Å². The van der Waals surface area contributed by atoms with Gasteiger partial charge in [0.15, 0.2) is 4.90 Å². The highest BCUT2D eigenvalue weighted by Gasteiger charge is 2.25. The summed E-state index contributed by atoms with van der Waals surface area (Å²) in [5.74, 6) is 0. The Kier molecular flexibility index (Phi) is 4.02. The van der Waals surface area contributed by atoms with E-state index in [0.717, 1.165) is 17.0 Å². The summed E-state index contributed by atoms with van der Waals surface area (Å²) >= 11 is 1.39. The van der Waals surface area contributed by atoms with E-state index in [2.05, 4.69) is 4.72 Å².